The number of aromatic nitrogens is 1. The first-order valence-corrected chi connectivity index (χ1v) is 22.3. The molecule has 1 atom stereocenters. The molecular weight excluding hydrogens is 777 g/mol. The van der Waals surface area contributed by atoms with Crippen molar-refractivity contribution in [2.45, 2.75) is 11.8 Å². The minimum atomic E-state index is -0.340. The van der Waals surface area contributed by atoms with E-state index in [2.05, 4.69) is 240 Å². The van der Waals surface area contributed by atoms with Crippen molar-refractivity contribution in [1.29, 1.82) is 0 Å². The minimum Gasteiger partial charge on any atom is -0.455 e. The molecule has 2 heterocycles. The van der Waals surface area contributed by atoms with Crippen LogP contribution in [0.2, 0.25) is 0 Å². The minimum absolute atomic E-state index is 0.181. The Labute approximate surface area is 372 Å². The Hall–Kier alpha value is -8.14. The highest BCUT2D eigenvalue weighted by Crippen LogP contribution is 2.58. The lowest BCUT2D eigenvalue weighted by atomic mass is 9.62. The summed E-state index contributed by atoms with van der Waals surface area (Å²) in [6.45, 7) is 0. The molecule has 0 saturated heterocycles. The summed E-state index contributed by atoms with van der Waals surface area (Å²) < 4.78 is 8.90. The van der Waals surface area contributed by atoms with Gasteiger partial charge in [0.15, 0.2) is 0 Å². The molecule has 302 valence electrons. The number of para-hydroxylation sites is 4. The average molecular weight is 819 g/mol. The molecule has 13 rings (SSSR count). The molecule has 0 saturated carbocycles. The molecule has 64 heavy (non-hydrogen) atoms. The molecule has 3 nitrogen and oxygen atoms in total. The molecule has 3 heteroatoms. The van der Waals surface area contributed by atoms with Crippen molar-refractivity contribution in [3.63, 3.8) is 0 Å². The van der Waals surface area contributed by atoms with Crippen LogP contribution in [0.25, 0.3) is 71.7 Å². The molecule has 0 amide bonds. The standard InChI is InChI=1S/C61H42N2O/c1-2-16-42(17-3-1)61(55-27-9-4-20-49(55)50-21-5-10-28-56(50)61)43-34-38-45(39-35-43)62(44-36-32-41(33-37-44)48-25-15-26-54-53-24-8-13-31-59(53)64-60(48)54)46-18-14-19-47(40-46)63-57-29-11-6-22-51(57)52-23-7-12-30-58(52)63/h1-34,36-40,43H,35H2. The largest absolute Gasteiger partial charge is 0.455 e. The van der Waals surface area contributed by atoms with Crippen LogP contribution in [-0.4, -0.2) is 4.57 Å². The summed E-state index contributed by atoms with van der Waals surface area (Å²) in [7, 11) is 0. The third-order valence-corrected chi connectivity index (χ3v) is 13.9. The van der Waals surface area contributed by atoms with E-state index in [1.54, 1.807) is 0 Å². The second-order valence-corrected chi connectivity index (χ2v) is 17.1. The molecule has 0 bridgehead atoms. The molecule has 9 aromatic carbocycles. The first-order chi connectivity index (χ1) is 31.8. The third-order valence-electron chi connectivity index (χ3n) is 13.9. The number of allylic oxidation sites excluding steroid dienone is 3. The lowest BCUT2D eigenvalue weighted by Crippen LogP contribution is -2.36. The van der Waals surface area contributed by atoms with Crippen molar-refractivity contribution in [1.82, 2.24) is 4.57 Å². The maximum absolute atomic E-state index is 6.49. The number of furan rings is 1. The van der Waals surface area contributed by atoms with Crippen molar-refractivity contribution >= 4 is 55.1 Å². The summed E-state index contributed by atoms with van der Waals surface area (Å²) in [5, 5.41) is 4.77. The van der Waals surface area contributed by atoms with E-state index < -0.39 is 0 Å². The average Bonchev–Trinajstić information content (AvgIpc) is 4.02. The number of fused-ring (bicyclic) bond motifs is 9. The third kappa shape index (κ3) is 5.41. The molecule has 0 fully saturated rings. The molecule has 2 aliphatic rings. The van der Waals surface area contributed by atoms with Crippen LogP contribution in [0.3, 0.4) is 0 Å². The maximum Gasteiger partial charge on any atom is 0.143 e. The Balaban J connectivity index is 0.955. The second-order valence-electron chi connectivity index (χ2n) is 17.1. The van der Waals surface area contributed by atoms with Gasteiger partial charge in [-0.3, -0.25) is 0 Å². The maximum atomic E-state index is 6.49. The molecular formula is C61H42N2O. The van der Waals surface area contributed by atoms with Crippen LogP contribution in [0.4, 0.5) is 11.4 Å². The monoisotopic (exact) mass is 818 g/mol. The number of nitrogens with zero attached hydrogens (tertiary/aromatic N) is 2. The van der Waals surface area contributed by atoms with Crippen molar-refractivity contribution in [2.24, 2.45) is 5.92 Å². The zero-order valence-electron chi connectivity index (χ0n) is 35.1. The van der Waals surface area contributed by atoms with Crippen molar-refractivity contribution in [3.8, 4) is 27.9 Å². The SMILES string of the molecule is C1=CC(C2(c3ccccc3)c3ccccc3-c3ccccc32)CC=C1N(c1ccc(-c2cccc3c2oc2ccccc23)cc1)c1cccc(-n2c3ccccc3c3ccccc32)c1. The van der Waals surface area contributed by atoms with E-state index in [1.165, 1.54) is 49.6 Å². The number of rotatable bonds is 7. The van der Waals surface area contributed by atoms with Gasteiger partial charge in [-0.1, -0.05) is 182 Å². The Kier molecular flexibility index (Phi) is 8.26. The van der Waals surface area contributed by atoms with Gasteiger partial charge < -0.3 is 13.9 Å². The van der Waals surface area contributed by atoms with E-state index in [0.29, 0.717) is 0 Å². The van der Waals surface area contributed by atoms with Crippen LogP contribution >= 0.6 is 0 Å². The Morgan fingerprint density at radius 2 is 1.08 bits per heavy atom. The van der Waals surface area contributed by atoms with Crippen LogP contribution in [0, 0.1) is 5.92 Å². The Bertz CT molecular complexity index is 3560. The summed E-state index contributed by atoms with van der Waals surface area (Å²) in [5.41, 5.74) is 17.2. The quantitative estimate of drug-likeness (QED) is 0.160. The second kappa shape index (κ2) is 14.5. The van der Waals surface area contributed by atoms with E-state index in [1.807, 2.05) is 6.07 Å². The molecule has 0 radical (unpaired) electrons. The fourth-order valence-corrected chi connectivity index (χ4v) is 11.2. The van der Waals surface area contributed by atoms with Gasteiger partial charge in [-0.2, -0.15) is 0 Å². The van der Waals surface area contributed by atoms with Crippen LogP contribution in [0.5, 0.6) is 0 Å². The topological polar surface area (TPSA) is 21.3 Å². The van der Waals surface area contributed by atoms with E-state index in [4.69, 9.17) is 4.42 Å². The number of hydrogen-bond donors (Lipinski definition) is 0. The first-order valence-electron chi connectivity index (χ1n) is 22.3. The zero-order valence-corrected chi connectivity index (χ0v) is 35.1. The fraction of sp³-hybridized carbons (Fsp3) is 0.0492. The molecule has 0 spiro atoms. The Morgan fingerprint density at radius 1 is 0.484 bits per heavy atom. The smallest absolute Gasteiger partial charge is 0.143 e. The van der Waals surface area contributed by atoms with Crippen LogP contribution in [0.1, 0.15) is 23.1 Å². The van der Waals surface area contributed by atoms with Gasteiger partial charge in [0.1, 0.15) is 11.2 Å². The summed E-state index contributed by atoms with van der Waals surface area (Å²) in [5.74, 6) is 0.181. The predicted molar refractivity (Wildman–Crippen MR) is 266 cm³/mol. The van der Waals surface area contributed by atoms with Crippen molar-refractivity contribution in [3.05, 3.63) is 259 Å². The van der Waals surface area contributed by atoms with Gasteiger partial charge >= 0.3 is 0 Å². The molecule has 2 aromatic heterocycles. The zero-order chi connectivity index (χ0) is 42.2. The molecule has 2 aliphatic carbocycles. The summed E-state index contributed by atoms with van der Waals surface area (Å²) >= 11 is 0. The molecule has 0 N–H and O–H groups in total. The summed E-state index contributed by atoms with van der Waals surface area (Å²) in [4.78, 5) is 2.43. The van der Waals surface area contributed by atoms with Gasteiger partial charge in [0, 0.05) is 49.9 Å². The number of anilines is 2. The fourth-order valence-electron chi connectivity index (χ4n) is 11.2. The van der Waals surface area contributed by atoms with Gasteiger partial charge in [0.2, 0.25) is 0 Å². The summed E-state index contributed by atoms with van der Waals surface area (Å²) in [6.07, 6.45) is 8.19. The number of benzene rings is 9. The highest BCUT2D eigenvalue weighted by molar-refractivity contribution is 6.10. The normalized spacial score (nSPS) is 15.1. The summed E-state index contributed by atoms with van der Waals surface area (Å²) in [6, 6.07) is 79.5. The van der Waals surface area contributed by atoms with Gasteiger partial charge in [0.05, 0.1) is 16.4 Å². The van der Waals surface area contributed by atoms with Crippen molar-refractivity contribution in [2.75, 3.05) is 4.90 Å². The van der Waals surface area contributed by atoms with Crippen LogP contribution in [0.15, 0.2) is 247 Å². The Morgan fingerprint density at radius 3 is 1.78 bits per heavy atom. The predicted octanol–water partition coefficient (Wildman–Crippen LogP) is 16.0. The van der Waals surface area contributed by atoms with Gasteiger partial charge in [-0.15, -0.1) is 0 Å². The lowest BCUT2D eigenvalue weighted by Gasteiger charge is -2.40. The number of hydrogen-bond acceptors (Lipinski definition) is 2. The van der Waals surface area contributed by atoms with Crippen molar-refractivity contribution < 1.29 is 4.42 Å². The van der Waals surface area contributed by atoms with Gasteiger partial charge in [-0.05, 0) is 100 Å². The van der Waals surface area contributed by atoms with E-state index in [0.717, 1.165) is 62.2 Å². The molecule has 1 unspecified atom stereocenters. The van der Waals surface area contributed by atoms with E-state index in [9.17, 15) is 0 Å². The molecule has 0 aliphatic heterocycles. The first kappa shape index (κ1) is 36.5. The lowest BCUT2D eigenvalue weighted by molar-refractivity contribution is 0.456. The van der Waals surface area contributed by atoms with Gasteiger partial charge in [-0.25, -0.2) is 0 Å². The van der Waals surface area contributed by atoms with Gasteiger partial charge in [0.25, 0.3) is 0 Å². The highest BCUT2D eigenvalue weighted by Gasteiger charge is 2.49. The van der Waals surface area contributed by atoms with E-state index >= 15 is 0 Å². The molecule has 11 aromatic rings. The van der Waals surface area contributed by atoms with E-state index in [-0.39, 0.29) is 11.3 Å². The van der Waals surface area contributed by atoms with Crippen LogP contribution in [-0.2, 0) is 5.41 Å². The highest BCUT2D eigenvalue weighted by atomic mass is 16.3. The van der Waals surface area contributed by atoms with Crippen LogP contribution < -0.4 is 4.90 Å².